The molecule has 2 aliphatic carbocycles. The van der Waals surface area contributed by atoms with Gasteiger partial charge in [-0.05, 0) is 12.8 Å². The number of ether oxygens (including phenoxy) is 1. The first kappa shape index (κ1) is 16.1. The lowest BCUT2D eigenvalue weighted by molar-refractivity contribution is -0.178. The Balaban J connectivity index is 2.36. The van der Waals surface area contributed by atoms with Gasteiger partial charge in [-0.1, -0.05) is 13.5 Å². The number of aliphatic hydroxyl groups excluding tert-OH is 3. The molecule has 0 aromatic carbocycles. The van der Waals surface area contributed by atoms with Crippen LogP contribution in [-0.4, -0.2) is 52.5 Å². The average molecular weight is 298 g/mol. The second-order valence-corrected chi connectivity index (χ2v) is 6.31. The van der Waals surface area contributed by atoms with Crippen LogP contribution in [-0.2, 0) is 14.3 Å². The van der Waals surface area contributed by atoms with Crippen molar-refractivity contribution in [2.45, 2.75) is 44.5 Å². The van der Waals surface area contributed by atoms with Gasteiger partial charge in [-0.2, -0.15) is 0 Å². The van der Waals surface area contributed by atoms with Gasteiger partial charge in [0.05, 0.1) is 31.3 Å². The third-order valence-corrected chi connectivity index (χ3v) is 5.11. The fourth-order valence-electron chi connectivity index (χ4n) is 3.90. The van der Waals surface area contributed by atoms with Crippen LogP contribution in [0, 0.1) is 17.3 Å². The Morgan fingerprint density at radius 2 is 2.00 bits per heavy atom. The van der Waals surface area contributed by atoms with Crippen molar-refractivity contribution in [2.75, 3.05) is 7.11 Å². The molecule has 0 aromatic heterocycles. The minimum atomic E-state index is -1.26. The predicted molar refractivity (Wildman–Crippen MR) is 73.1 cm³/mol. The van der Waals surface area contributed by atoms with E-state index >= 15 is 0 Å². The quantitative estimate of drug-likeness (QED) is 0.482. The van der Waals surface area contributed by atoms with Gasteiger partial charge in [-0.15, -0.1) is 0 Å². The molecule has 2 aliphatic rings. The first-order valence-electron chi connectivity index (χ1n) is 7.08. The highest BCUT2D eigenvalue weighted by Crippen LogP contribution is 2.51. The lowest BCUT2D eigenvalue weighted by Gasteiger charge is -2.53. The number of esters is 1. The Labute approximate surface area is 123 Å². The van der Waals surface area contributed by atoms with E-state index in [1.54, 1.807) is 6.92 Å². The highest BCUT2D eigenvalue weighted by Gasteiger charge is 2.58. The molecule has 0 bridgehead atoms. The van der Waals surface area contributed by atoms with Crippen LogP contribution in [0.5, 0.6) is 0 Å². The van der Waals surface area contributed by atoms with Crippen molar-refractivity contribution in [1.82, 2.24) is 0 Å². The van der Waals surface area contributed by atoms with Gasteiger partial charge in [-0.25, -0.2) is 4.79 Å². The van der Waals surface area contributed by atoms with Crippen molar-refractivity contribution < 1.29 is 29.6 Å². The molecular weight excluding hydrogens is 276 g/mol. The molecule has 0 radical (unpaired) electrons. The maximum Gasteiger partial charge on any atom is 0.333 e. The highest BCUT2D eigenvalue weighted by atomic mass is 16.5. The molecule has 118 valence electrons. The third kappa shape index (κ3) is 2.41. The maximum atomic E-state index is 12.2. The van der Waals surface area contributed by atoms with Crippen molar-refractivity contribution in [3.8, 4) is 0 Å². The number of aliphatic hydroxyl groups is 3. The number of hydrogen-bond acceptors (Lipinski definition) is 6. The maximum absolute atomic E-state index is 12.2. The van der Waals surface area contributed by atoms with Crippen molar-refractivity contribution in [3.63, 3.8) is 0 Å². The van der Waals surface area contributed by atoms with Crippen LogP contribution < -0.4 is 0 Å². The summed E-state index contributed by atoms with van der Waals surface area (Å²) in [7, 11) is 1.19. The van der Waals surface area contributed by atoms with E-state index in [0.29, 0.717) is 6.42 Å². The van der Waals surface area contributed by atoms with Gasteiger partial charge in [0.1, 0.15) is 5.78 Å². The summed E-state index contributed by atoms with van der Waals surface area (Å²) in [5.41, 5.74) is -0.937. The molecular formula is C15H22O6. The fraction of sp³-hybridized carbons (Fsp3) is 0.733. The summed E-state index contributed by atoms with van der Waals surface area (Å²) >= 11 is 0. The summed E-state index contributed by atoms with van der Waals surface area (Å²) in [6, 6.07) is 0. The zero-order valence-electron chi connectivity index (χ0n) is 12.3. The molecule has 2 saturated carbocycles. The van der Waals surface area contributed by atoms with E-state index in [1.165, 1.54) is 7.11 Å². The van der Waals surface area contributed by atoms with Crippen LogP contribution in [0.1, 0.15) is 26.2 Å². The highest BCUT2D eigenvalue weighted by molar-refractivity contribution is 5.89. The number of methoxy groups -OCH3 is 1. The topological polar surface area (TPSA) is 104 Å². The second kappa shape index (κ2) is 5.51. The van der Waals surface area contributed by atoms with Crippen LogP contribution in [0.15, 0.2) is 12.2 Å². The predicted octanol–water partition coefficient (Wildman–Crippen LogP) is -0.196. The summed E-state index contributed by atoms with van der Waals surface area (Å²) in [5, 5.41) is 31.1. The number of carbonyl (C=O) groups excluding carboxylic acids is 2. The summed E-state index contributed by atoms with van der Waals surface area (Å²) in [5.74, 6) is -2.63. The Hall–Kier alpha value is -1.24. The molecule has 3 N–H and O–H groups in total. The Morgan fingerprint density at radius 1 is 1.38 bits per heavy atom. The van der Waals surface area contributed by atoms with E-state index in [2.05, 4.69) is 11.3 Å². The lowest BCUT2D eigenvalue weighted by atomic mass is 9.54. The van der Waals surface area contributed by atoms with Gasteiger partial charge in [0.2, 0.25) is 0 Å². The SMILES string of the molecule is C=C(C(=O)OC)[C@H]1[C@@H](O)[C@H]2C(=O)CC[C@H](O)[C@]2(C)C[C@H]1O. The summed E-state index contributed by atoms with van der Waals surface area (Å²) < 4.78 is 4.58. The molecule has 21 heavy (non-hydrogen) atoms. The zero-order valence-corrected chi connectivity index (χ0v) is 12.3. The van der Waals surface area contributed by atoms with Crippen LogP contribution in [0.2, 0.25) is 0 Å². The van der Waals surface area contributed by atoms with E-state index < -0.39 is 41.5 Å². The second-order valence-electron chi connectivity index (χ2n) is 6.31. The first-order valence-corrected chi connectivity index (χ1v) is 7.08. The molecule has 0 saturated heterocycles. The monoisotopic (exact) mass is 298 g/mol. The number of hydrogen-bond donors (Lipinski definition) is 3. The Kier molecular flexibility index (Phi) is 4.24. The largest absolute Gasteiger partial charge is 0.466 e. The van der Waals surface area contributed by atoms with E-state index in [1.807, 2.05) is 0 Å². The normalized spacial score (nSPS) is 43.1. The first-order chi connectivity index (χ1) is 9.74. The van der Waals surface area contributed by atoms with Crippen LogP contribution in [0.3, 0.4) is 0 Å². The lowest BCUT2D eigenvalue weighted by Crippen LogP contribution is -2.61. The molecule has 6 heteroatoms. The van der Waals surface area contributed by atoms with E-state index in [-0.39, 0.29) is 24.2 Å². The molecule has 0 heterocycles. The molecule has 6 nitrogen and oxygen atoms in total. The molecule has 6 atom stereocenters. The number of carbonyl (C=O) groups is 2. The van der Waals surface area contributed by atoms with Gasteiger partial charge in [0, 0.05) is 23.3 Å². The molecule has 0 unspecified atom stereocenters. The van der Waals surface area contributed by atoms with Crippen molar-refractivity contribution in [2.24, 2.45) is 17.3 Å². The summed E-state index contributed by atoms with van der Waals surface area (Å²) in [4.78, 5) is 23.8. The average Bonchev–Trinajstić information content (AvgIpc) is 2.41. The van der Waals surface area contributed by atoms with Crippen molar-refractivity contribution >= 4 is 11.8 Å². The third-order valence-electron chi connectivity index (χ3n) is 5.11. The van der Waals surface area contributed by atoms with E-state index in [9.17, 15) is 24.9 Å². The number of fused-ring (bicyclic) bond motifs is 1. The van der Waals surface area contributed by atoms with Crippen molar-refractivity contribution in [1.29, 1.82) is 0 Å². The molecule has 2 rings (SSSR count). The zero-order chi connectivity index (χ0) is 15.9. The molecule has 0 spiro atoms. The van der Waals surface area contributed by atoms with Crippen LogP contribution >= 0.6 is 0 Å². The molecule has 0 aromatic rings. The van der Waals surface area contributed by atoms with Gasteiger partial charge < -0.3 is 20.1 Å². The molecule has 0 aliphatic heterocycles. The van der Waals surface area contributed by atoms with Gasteiger partial charge in [0.15, 0.2) is 0 Å². The fourth-order valence-corrected chi connectivity index (χ4v) is 3.90. The Bertz CT molecular complexity index is 473. The summed E-state index contributed by atoms with van der Waals surface area (Å²) in [6.45, 7) is 5.28. The number of Topliss-reactive ketones (excluding diaryl/α,β-unsaturated/α-hetero) is 1. The molecule has 2 fully saturated rings. The Morgan fingerprint density at radius 3 is 2.57 bits per heavy atom. The van der Waals surface area contributed by atoms with E-state index in [0.717, 1.165) is 0 Å². The minimum Gasteiger partial charge on any atom is -0.466 e. The summed E-state index contributed by atoms with van der Waals surface area (Å²) in [6.07, 6.45) is -2.44. The number of rotatable bonds is 2. The van der Waals surface area contributed by atoms with E-state index in [4.69, 9.17) is 0 Å². The minimum absolute atomic E-state index is 0.0487. The van der Waals surface area contributed by atoms with Crippen LogP contribution in [0.25, 0.3) is 0 Å². The van der Waals surface area contributed by atoms with Gasteiger partial charge in [0.25, 0.3) is 0 Å². The molecule has 0 amide bonds. The van der Waals surface area contributed by atoms with Gasteiger partial charge in [-0.3, -0.25) is 4.79 Å². The van der Waals surface area contributed by atoms with Crippen LogP contribution in [0.4, 0.5) is 0 Å². The van der Waals surface area contributed by atoms with Gasteiger partial charge >= 0.3 is 5.97 Å². The standard InChI is InChI=1S/C15H22O6/c1-7(14(20)21-3)11-9(17)6-15(2)10(18)5-4-8(16)12(15)13(11)19/h9-13,17-19H,1,4-6H2,2-3H3/t9-,10+,11-,12-,13-,15+/m1/s1. The van der Waals surface area contributed by atoms with Crippen molar-refractivity contribution in [3.05, 3.63) is 12.2 Å². The smallest absolute Gasteiger partial charge is 0.333 e. The number of ketones is 1.